The van der Waals surface area contributed by atoms with E-state index >= 15 is 0 Å². The minimum absolute atomic E-state index is 0. The molecular weight excluding hydrogens is 2050 g/mol. The Balaban J connectivity index is 0.000000119. The van der Waals surface area contributed by atoms with Gasteiger partial charge in [-0.2, -0.15) is 49.0 Å². The van der Waals surface area contributed by atoms with Crippen molar-refractivity contribution < 1.29 is 81.7 Å². The van der Waals surface area contributed by atoms with Gasteiger partial charge in [0, 0.05) is 144 Å². The Morgan fingerprint density at radius 1 is 0.544 bits per heavy atom. The molecule has 0 amide bonds. The van der Waals surface area contributed by atoms with Gasteiger partial charge in [-0.1, -0.05) is 200 Å². The van der Waals surface area contributed by atoms with Crippen LogP contribution >= 0.6 is 0 Å². The number of hydrogen-bond acceptors (Lipinski definition) is 9. The number of rotatable bonds is 9. The maximum absolute atomic E-state index is 14.8. The molecule has 1 N–H and O–H groups in total. The molecule has 4 aliphatic heterocycles. The first-order chi connectivity index (χ1) is 64.9. The van der Waals surface area contributed by atoms with Crippen molar-refractivity contribution in [1.82, 2.24) is 14.4 Å². The Morgan fingerprint density at radius 2 is 1.21 bits per heavy atom. The van der Waals surface area contributed by atoms with Gasteiger partial charge >= 0.3 is 0 Å². The maximum atomic E-state index is 14.8. The monoisotopic (exact) mass is 2150 g/mol. The number of anilines is 3. The van der Waals surface area contributed by atoms with E-state index in [0.717, 1.165) is 93.6 Å². The molecule has 6 aromatic heterocycles. The molecule has 0 fully saturated rings. The molecule has 0 saturated carbocycles. The molecule has 0 bridgehead atoms. The van der Waals surface area contributed by atoms with E-state index in [0.29, 0.717) is 16.8 Å². The number of azo groups is 1. The van der Waals surface area contributed by atoms with E-state index in [1.165, 1.54) is 147 Å². The van der Waals surface area contributed by atoms with Gasteiger partial charge in [-0.25, -0.2) is 13.9 Å². The summed E-state index contributed by atoms with van der Waals surface area (Å²) in [5, 5.41) is 25.2. The molecule has 1 unspecified atom stereocenters. The third-order valence-electron chi connectivity index (χ3n) is 25.1. The van der Waals surface area contributed by atoms with Crippen LogP contribution in [0, 0.1) is 77.2 Å². The zero-order chi connectivity index (χ0) is 93.2. The summed E-state index contributed by atoms with van der Waals surface area (Å²) in [7, 11) is 1.70. The molecule has 2 radical (unpaired) electrons. The van der Waals surface area contributed by atoms with Gasteiger partial charge < -0.3 is 24.7 Å². The van der Waals surface area contributed by atoms with Crippen molar-refractivity contribution >= 4 is 77.5 Å². The van der Waals surface area contributed by atoms with Crippen molar-refractivity contribution in [3.8, 4) is 73.2 Å². The molecule has 136 heavy (non-hydrogen) atoms. The van der Waals surface area contributed by atoms with Crippen LogP contribution in [0.1, 0.15) is 108 Å². The van der Waals surface area contributed by atoms with E-state index in [2.05, 4.69) is 346 Å². The summed E-state index contributed by atoms with van der Waals surface area (Å²) in [6.45, 7) is 24.4. The van der Waals surface area contributed by atoms with Gasteiger partial charge in [-0.3, -0.25) is 13.6 Å². The van der Waals surface area contributed by atoms with Crippen molar-refractivity contribution in [1.29, 1.82) is 0 Å². The number of nitrogens with zero attached hydrogens (tertiary/aromatic N) is 10. The van der Waals surface area contributed by atoms with Crippen molar-refractivity contribution in [2.24, 2.45) is 15.2 Å². The fraction of sp³-hybridized carbons (Fsp3) is 0.144. The molecule has 13 aromatic carbocycles. The number of carbonyl (C=O) groups is 1. The number of amidine groups is 1. The van der Waals surface area contributed by atoms with Crippen molar-refractivity contribution in [3.63, 3.8) is 0 Å². The van der Waals surface area contributed by atoms with Crippen LogP contribution in [-0.4, -0.2) is 38.2 Å². The fourth-order valence-corrected chi connectivity index (χ4v) is 18.8. The minimum Gasteiger partial charge on any atom is -0.512 e. The quantitative estimate of drug-likeness (QED) is 0.0504. The number of halogens is 3. The number of aliphatic hydroxyl groups is 1. The van der Waals surface area contributed by atoms with Crippen molar-refractivity contribution in [2.75, 3.05) is 12.0 Å². The summed E-state index contributed by atoms with van der Waals surface area (Å²) >= 11 is 0. The van der Waals surface area contributed by atoms with Crippen LogP contribution in [0.15, 0.2) is 355 Å². The largest absolute Gasteiger partial charge is 0.512 e. The molecule has 24 rings (SSSR count). The topological polar surface area (TPSA) is 129 Å². The molecule has 19 aromatic rings. The molecule has 18 heteroatoms. The molecular formula is C118H99F3Ir2N10O3. The molecule has 1 atom stereocenters. The number of ketones is 1. The Kier molecular flexibility index (Phi) is 28.3. The van der Waals surface area contributed by atoms with Gasteiger partial charge in [0.2, 0.25) is 11.4 Å². The molecule has 0 spiro atoms. The third-order valence-corrected chi connectivity index (χ3v) is 25.1. The summed E-state index contributed by atoms with van der Waals surface area (Å²) in [5.41, 5.74) is 32.6. The Morgan fingerprint density at radius 3 is 1.93 bits per heavy atom. The van der Waals surface area contributed by atoms with Crippen LogP contribution in [0.2, 0.25) is 0 Å². The maximum Gasteiger partial charge on any atom is 0.295 e. The number of carbonyl (C=O) groups excluding carboxylic acids is 1. The van der Waals surface area contributed by atoms with Gasteiger partial charge in [0.25, 0.3) is 5.65 Å². The average molecular weight is 2150 g/mol. The number of methoxy groups -OCH3 is 1. The van der Waals surface area contributed by atoms with Crippen LogP contribution in [0.3, 0.4) is 0 Å². The molecule has 678 valence electrons. The Hall–Kier alpha value is -14.6. The van der Waals surface area contributed by atoms with Gasteiger partial charge in [0.15, 0.2) is 43.1 Å². The first kappa shape index (κ1) is 94.5. The Labute approximate surface area is 817 Å². The fourth-order valence-electron chi connectivity index (χ4n) is 18.8. The number of imidazole rings is 1. The number of benzene rings is 13. The predicted molar refractivity (Wildman–Crippen MR) is 532 cm³/mol. The molecule has 13 nitrogen and oxygen atoms in total. The summed E-state index contributed by atoms with van der Waals surface area (Å²) in [6, 6.07) is 110. The Bertz CT molecular complexity index is 7850. The predicted octanol–water partition coefficient (Wildman–Crippen LogP) is 27.4. The van der Waals surface area contributed by atoms with Crippen molar-refractivity contribution in [2.45, 2.75) is 107 Å². The zero-order valence-electron chi connectivity index (χ0n) is 77.5. The molecule has 1 aliphatic carbocycles. The number of fused-ring (bicyclic) bond motifs is 13. The number of aliphatic imine (C=N–C) groups is 1. The van der Waals surface area contributed by atoms with Crippen LogP contribution in [-0.2, 0) is 70.1 Å². The van der Waals surface area contributed by atoms with E-state index in [1.807, 2.05) is 55.5 Å². The summed E-state index contributed by atoms with van der Waals surface area (Å²) in [5.74, 6) is 0.106. The normalized spacial score (nSPS) is 13.0. The number of aliphatic hydroxyl groups excluding tert-OH is 1. The first-order valence-corrected chi connectivity index (χ1v) is 44.8. The second-order valence-electron chi connectivity index (χ2n) is 34.9. The van der Waals surface area contributed by atoms with E-state index in [-0.39, 0.29) is 69.3 Å². The number of hydrogen-bond donors (Lipinski definition) is 1. The second kappa shape index (κ2) is 40.7. The summed E-state index contributed by atoms with van der Waals surface area (Å²) < 4.78 is 55.5. The minimum atomic E-state index is -0.649. The smallest absolute Gasteiger partial charge is 0.295 e. The number of pyridine rings is 5. The molecule has 0 saturated heterocycles. The van der Waals surface area contributed by atoms with Crippen LogP contribution < -0.4 is 23.3 Å². The van der Waals surface area contributed by atoms with E-state index < -0.39 is 17.0 Å². The van der Waals surface area contributed by atoms with E-state index in [1.54, 1.807) is 50.7 Å². The third kappa shape index (κ3) is 19.3. The SMILES string of the molecule is CC(=O)C=C(C)O.CC1=NC(c2[c-]cccc2)N=N1.COc1ccc(N(c2ccc(C)cc2)c2ccc3c(c2)-c2cccc[n+]2C3)cc1.Cc1c[c-]c2c(c1F)C(C)(C)c1cccc3ccnc-2c13.Cc1ccc2c(c1)c1cccc3c1c1n2c(-c2c(C)cccc2C)c[n+]1C3.Cc1cccc(-c2ccc3c(c2)-c2c4ccccc4cc[n+]2C3)c1.Fc1c[c-]c(-c2ccccn2)c(F)c1.[Ir].[Ir]. The second-order valence-corrected chi connectivity index (χ2v) is 34.9. The van der Waals surface area contributed by atoms with Gasteiger partial charge in [-0.15, -0.1) is 40.5 Å². The van der Waals surface area contributed by atoms with Gasteiger partial charge in [0.05, 0.1) is 34.8 Å². The number of allylic oxidation sites excluding steroid dienone is 2. The van der Waals surface area contributed by atoms with E-state index in [4.69, 9.17) is 9.84 Å². The van der Waals surface area contributed by atoms with Gasteiger partial charge in [0.1, 0.15) is 29.8 Å². The first-order valence-electron chi connectivity index (χ1n) is 44.8. The van der Waals surface area contributed by atoms with E-state index in [9.17, 15) is 18.0 Å². The number of ether oxygens (including phenoxy) is 1. The van der Waals surface area contributed by atoms with Gasteiger partial charge in [-0.05, 0) is 213 Å². The summed E-state index contributed by atoms with van der Waals surface area (Å²) in [6.07, 6.45) is 11.1. The van der Waals surface area contributed by atoms with Crippen LogP contribution in [0.4, 0.5) is 30.2 Å². The number of aromatic nitrogens is 6. The summed E-state index contributed by atoms with van der Waals surface area (Å²) in [4.78, 5) is 25.0. The van der Waals surface area contributed by atoms with Crippen LogP contribution in [0.5, 0.6) is 5.75 Å². The van der Waals surface area contributed by atoms with Crippen molar-refractivity contribution in [3.05, 3.63) is 442 Å². The average Bonchev–Trinajstić information content (AvgIpc) is 1.38. The number of aryl methyl sites for hydroxylation is 6. The zero-order valence-corrected chi connectivity index (χ0v) is 82.3. The molecule has 5 aliphatic rings. The standard InChI is InChI=1S/C26H23N2O.C25H21N2.C23H18N.C19H15FN.C11H6F2N.C9H8N3.C5H8O2.2Ir/c1-19-6-9-21(10-7-19)28(22-12-14-24(29-2)15-13-22)23-11-8-20-18-27-16-4-3-5-26(27)25(20)17-23;1-15-10-11-21-20(12-15)19-9-5-8-18-13-26-14-22(27(21)25(26)24(18)19)23-16(2)6-4-7-17(23)3;1-16-5-4-7-18(13-16)19-9-10-20-15-24-12-11-17-6-2-3-8-21(17)23(24)22(20)14-19;1-11-7-8-13-16(17(11)20)19(2,3)14-6-4-5-12-9-10-21-18(13)15(12)14;12-8-4-5-9(10(13)7-8)11-3-1-2-6-14-11;1-7-10-9(12-11-7)8-5-3-2-4-6-8;1-4(6)3-5(2)7;;/h3-17H,18H2,1-2H3;4-12,14H,13H2,1-3H3;2-14H,15H2,1H3;4-7,9-10H,1-3H3;1-4,6-7H;2-5,9H,1H3;3,6H,1-2H3;;/q3*+1;3*-1;;;. The van der Waals surface area contributed by atoms with Crippen LogP contribution in [0.25, 0.3) is 116 Å². The molecule has 10 heterocycles.